The first kappa shape index (κ1) is 36.3. The Morgan fingerprint density at radius 1 is 1.10 bits per heavy atom. The largest absolute Gasteiger partial charge is 0.340 e. The van der Waals surface area contributed by atoms with Crippen molar-refractivity contribution in [1.82, 2.24) is 14.9 Å². The zero-order valence-electron chi connectivity index (χ0n) is 27.9. The van der Waals surface area contributed by atoms with E-state index in [9.17, 15) is 4.79 Å². The van der Waals surface area contributed by atoms with E-state index in [1.165, 1.54) is 12.0 Å². The number of nitrogens with one attached hydrogen (secondary N) is 2. The van der Waals surface area contributed by atoms with Gasteiger partial charge in [-0.25, -0.2) is 0 Å². The Morgan fingerprint density at radius 3 is 2.26 bits per heavy atom. The van der Waals surface area contributed by atoms with Crippen molar-refractivity contribution in [2.75, 3.05) is 55.8 Å². The van der Waals surface area contributed by atoms with Crippen molar-refractivity contribution in [1.29, 1.82) is 0 Å². The summed E-state index contributed by atoms with van der Waals surface area (Å²) >= 11 is 0. The summed E-state index contributed by atoms with van der Waals surface area (Å²) in [6.07, 6.45) is 11.4. The summed E-state index contributed by atoms with van der Waals surface area (Å²) in [6, 6.07) is 0. The molecule has 0 radical (unpaired) electrons. The number of anilines is 3. The maximum atomic E-state index is 13.1. The van der Waals surface area contributed by atoms with Gasteiger partial charge in [-0.05, 0) is 57.3 Å². The molecule has 0 aliphatic carbocycles. The maximum absolute atomic E-state index is 13.1. The molecule has 9 nitrogen and oxygen atoms in total. The van der Waals surface area contributed by atoms with Crippen LogP contribution in [0.15, 0.2) is 57.2 Å². The van der Waals surface area contributed by atoms with Crippen LogP contribution in [0.3, 0.4) is 0 Å². The van der Waals surface area contributed by atoms with Crippen LogP contribution >= 0.6 is 0 Å². The van der Waals surface area contributed by atoms with E-state index in [0.29, 0.717) is 37.2 Å². The van der Waals surface area contributed by atoms with Crippen molar-refractivity contribution >= 4 is 36.0 Å². The molecule has 2 heterocycles. The standard InChI is InChI=1S/C30H46N8O.C3H8.H2/c1-11-24(12-13-31-9)18-37-14-15-38(19-26(37)39)29-35-27(33-20-32-10)23(5)28(36-29)34-25(21(2)3)16-22(4)17-30(6,7)8;1-3-2;/h11-13,16,20H,1,14-15,17-19H2,2-10H3,(H2,32,33,34,35,36);3H2,1-2H3;1H/b22-16+,24-12+,31-13?;;. The molecule has 1 aromatic rings. The second-order valence-corrected chi connectivity index (χ2v) is 11.9. The number of hydrogen-bond donors (Lipinski definition) is 2. The molecule has 1 fully saturated rings. The topological polar surface area (TPSA) is 98.1 Å². The summed E-state index contributed by atoms with van der Waals surface area (Å²) in [4.78, 5) is 34.5. The van der Waals surface area contributed by atoms with Crippen molar-refractivity contribution in [3.63, 3.8) is 0 Å². The van der Waals surface area contributed by atoms with Crippen molar-refractivity contribution in [3.8, 4) is 0 Å². The molecule has 0 unspecified atom stereocenters. The first-order valence-electron chi connectivity index (χ1n) is 14.7. The number of nitrogens with zero attached hydrogens (tertiary/aromatic N) is 6. The lowest BCUT2D eigenvalue weighted by atomic mass is 9.88. The lowest BCUT2D eigenvalue weighted by Crippen LogP contribution is -2.51. The van der Waals surface area contributed by atoms with Crippen LogP contribution in [0.5, 0.6) is 0 Å². The van der Waals surface area contributed by atoms with Crippen molar-refractivity contribution in [2.24, 2.45) is 15.4 Å². The monoisotopic (exact) mass is 580 g/mol. The quantitative estimate of drug-likeness (QED) is 0.165. The fourth-order valence-corrected chi connectivity index (χ4v) is 4.22. The minimum absolute atomic E-state index is 0. The molecule has 42 heavy (non-hydrogen) atoms. The van der Waals surface area contributed by atoms with Gasteiger partial charge in [-0.1, -0.05) is 64.8 Å². The van der Waals surface area contributed by atoms with Gasteiger partial charge in [-0.15, -0.1) is 0 Å². The SMILES string of the molecule is C=C/C(=C\C=NC)CN1CCN(c2nc(NC=NC)c(C)c(NC(/C=C(\C)CC(C)(C)C)=C(C)C)n2)CC1=O.CCC.[HH]. The molecule has 2 N–H and O–H groups in total. The molecule has 234 valence electrons. The van der Waals surface area contributed by atoms with Gasteiger partial charge in [0.05, 0.1) is 6.34 Å². The number of aromatic nitrogens is 2. The Bertz CT molecular complexity index is 1200. The number of piperazine rings is 1. The van der Waals surface area contributed by atoms with E-state index in [-0.39, 0.29) is 19.3 Å². The molecule has 2 rings (SSSR count). The van der Waals surface area contributed by atoms with E-state index in [2.05, 4.69) is 88.7 Å². The normalized spacial score (nSPS) is 14.7. The van der Waals surface area contributed by atoms with Gasteiger partial charge >= 0.3 is 0 Å². The number of carbonyl (C=O) groups excluding carboxylic acids is 1. The molecule has 0 spiro atoms. The zero-order valence-corrected chi connectivity index (χ0v) is 27.9. The maximum Gasteiger partial charge on any atom is 0.242 e. The Hall–Kier alpha value is -3.75. The summed E-state index contributed by atoms with van der Waals surface area (Å²) in [5.74, 6) is 1.83. The van der Waals surface area contributed by atoms with Crippen LogP contribution in [0, 0.1) is 12.3 Å². The Morgan fingerprint density at radius 2 is 1.74 bits per heavy atom. The lowest BCUT2D eigenvalue weighted by Gasteiger charge is -2.35. The third-order valence-electron chi connectivity index (χ3n) is 6.13. The molecule has 1 aromatic heterocycles. The fourth-order valence-electron chi connectivity index (χ4n) is 4.22. The van der Waals surface area contributed by atoms with Crippen LogP contribution in [-0.4, -0.2) is 73.6 Å². The number of aliphatic imine (C=N–C) groups is 2. The van der Waals surface area contributed by atoms with Gasteiger partial charge in [0.2, 0.25) is 11.9 Å². The van der Waals surface area contributed by atoms with Crippen molar-refractivity contribution in [2.45, 2.75) is 75.2 Å². The number of rotatable bonds is 11. The van der Waals surface area contributed by atoms with E-state index in [1.54, 1.807) is 32.7 Å². The highest BCUT2D eigenvalue weighted by atomic mass is 16.2. The van der Waals surface area contributed by atoms with E-state index in [0.717, 1.165) is 28.8 Å². The summed E-state index contributed by atoms with van der Waals surface area (Å²) in [6.45, 7) is 25.0. The van der Waals surface area contributed by atoms with Crippen LogP contribution in [0.2, 0.25) is 0 Å². The summed E-state index contributed by atoms with van der Waals surface area (Å²) in [5.41, 5.74) is 5.44. The highest BCUT2D eigenvalue weighted by Gasteiger charge is 2.27. The van der Waals surface area contributed by atoms with Gasteiger partial charge in [0.15, 0.2) is 0 Å². The molecule has 0 saturated carbocycles. The minimum atomic E-state index is 0. The highest BCUT2D eigenvalue weighted by molar-refractivity contribution is 5.84. The molecule has 0 aromatic carbocycles. The van der Waals surface area contributed by atoms with E-state index >= 15 is 0 Å². The lowest BCUT2D eigenvalue weighted by molar-refractivity contribution is -0.130. The van der Waals surface area contributed by atoms with E-state index < -0.39 is 0 Å². The van der Waals surface area contributed by atoms with Gasteiger partial charge in [0, 0.05) is 52.6 Å². The Balaban J connectivity index is 0.00000422. The average molecular weight is 581 g/mol. The molecule has 0 bridgehead atoms. The van der Waals surface area contributed by atoms with Crippen molar-refractivity contribution in [3.05, 3.63) is 52.8 Å². The minimum Gasteiger partial charge on any atom is -0.340 e. The summed E-state index contributed by atoms with van der Waals surface area (Å²) < 4.78 is 0. The first-order chi connectivity index (χ1) is 19.8. The molecular weight excluding hydrogens is 524 g/mol. The molecular formula is C33H56N8O. The molecule has 1 amide bonds. The average Bonchev–Trinajstić information content (AvgIpc) is 2.91. The van der Waals surface area contributed by atoms with Gasteiger partial charge in [0.25, 0.3) is 0 Å². The third kappa shape index (κ3) is 12.4. The van der Waals surface area contributed by atoms with Crippen molar-refractivity contribution < 1.29 is 6.22 Å². The fraction of sp³-hybridized carbons (Fsp3) is 0.545. The molecule has 9 heteroatoms. The third-order valence-corrected chi connectivity index (χ3v) is 6.13. The van der Waals surface area contributed by atoms with Crippen LogP contribution < -0.4 is 15.5 Å². The predicted octanol–water partition coefficient (Wildman–Crippen LogP) is 7.07. The Kier molecular flexibility index (Phi) is 15.5. The van der Waals surface area contributed by atoms with Crippen LogP contribution in [0.4, 0.5) is 17.6 Å². The second kappa shape index (κ2) is 17.9. The van der Waals surface area contributed by atoms with Crippen LogP contribution in [0.1, 0.15) is 75.2 Å². The molecule has 1 aliphatic rings. The van der Waals surface area contributed by atoms with Gasteiger partial charge in [-0.2, -0.15) is 9.97 Å². The smallest absolute Gasteiger partial charge is 0.242 e. The summed E-state index contributed by atoms with van der Waals surface area (Å²) in [5, 5.41) is 6.71. The molecule has 0 atom stereocenters. The first-order valence-corrected chi connectivity index (χ1v) is 14.7. The summed E-state index contributed by atoms with van der Waals surface area (Å²) in [7, 11) is 3.41. The zero-order chi connectivity index (χ0) is 31.9. The molecule has 1 saturated heterocycles. The van der Waals surface area contributed by atoms with Gasteiger partial charge < -0.3 is 20.4 Å². The number of allylic oxidation sites excluding steroid dienone is 4. The predicted molar refractivity (Wildman–Crippen MR) is 184 cm³/mol. The van der Waals surface area contributed by atoms with Gasteiger partial charge in [-0.3, -0.25) is 14.8 Å². The number of amides is 1. The molecule has 1 aliphatic heterocycles. The number of hydrogen-bond acceptors (Lipinski definition) is 7. The van der Waals surface area contributed by atoms with Gasteiger partial charge in [0.1, 0.15) is 18.2 Å². The number of carbonyl (C=O) groups is 1. The van der Waals surface area contributed by atoms with E-state index in [1.807, 2.05) is 22.8 Å². The van der Waals surface area contributed by atoms with E-state index in [4.69, 9.17) is 9.97 Å². The second-order valence-electron chi connectivity index (χ2n) is 11.9. The van der Waals surface area contributed by atoms with Crippen LogP contribution in [0.25, 0.3) is 0 Å². The van der Waals surface area contributed by atoms with Crippen LogP contribution in [-0.2, 0) is 4.79 Å². The Labute approximate surface area is 256 Å². The highest BCUT2D eigenvalue weighted by Crippen LogP contribution is 2.28.